The molecule has 1 unspecified atom stereocenters. The molecule has 0 saturated carbocycles. The van der Waals surface area contributed by atoms with E-state index in [9.17, 15) is 9.59 Å². The summed E-state index contributed by atoms with van der Waals surface area (Å²) in [4.78, 5) is 34.0. The Balaban J connectivity index is 1.27. The smallest absolute Gasteiger partial charge is 0.320 e. The van der Waals surface area contributed by atoms with E-state index in [1.54, 1.807) is 11.3 Å². The van der Waals surface area contributed by atoms with Crippen molar-refractivity contribution < 1.29 is 9.59 Å². The molecule has 4 rings (SSSR count). The van der Waals surface area contributed by atoms with Crippen LogP contribution < -0.4 is 0 Å². The molecule has 3 amide bonds. The fourth-order valence-corrected chi connectivity index (χ4v) is 5.15. The highest BCUT2D eigenvalue weighted by Gasteiger charge is 2.34. The zero-order chi connectivity index (χ0) is 18.6. The summed E-state index contributed by atoms with van der Waals surface area (Å²) in [6.45, 7) is 7.61. The second kappa shape index (κ2) is 8.61. The maximum Gasteiger partial charge on any atom is 0.320 e. The molecule has 0 N–H and O–H groups in total. The zero-order valence-electron chi connectivity index (χ0n) is 16.0. The molecule has 27 heavy (non-hydrogen) atoms. The number of nitrogens with zero attached hydrogens (tertiary/aromatic N) is 4. The minimum atomic E-state index is -0.0197. The van der Waals surface area contributed by atoms with Crippen LogP contribution in [0.2, 0.25) is 0 Å². The van der Waals surface area contributed by atoms with Crippen LogP contribution in [-0.4, -0.2) is 83.9 Å². The van der Waals surface area contributed by atoms with Gasteiger partial charge in [0.2, 0.25) is 5.91 Å². The average Bonchev–Trinajstić information content (AvgIpc) is 3.42. The van der Waals surface area contributed by atoms with Gasteiger partial charge in [0.25, 0.3) is 0 Å². The molecule has 0 aromatic carbocycles. The van der Waals surface area contributed by atoms with Gasteiger partial charge in [0.15, 0.2) is 0 Å². The van der Waals surface area contributed by atoms with Gasteiger partial charge in [0.1, 0.15) is 0 Å². The van der Waals surface area contributed by atoms with Crippen LogP contribution in [0.1, 0.15) is 31.2 Å². The molecule has 1 aromatic rings. The van der Waals surface area contributed by atoms with Crippen LogP contribution >= 0.6 is 11.3 Å². The number of amides is 3. The van der Waals surface area contributed by atoms with Crippen LogP contribution in [0.5, 0.6) is 0 Å². The van der Waals surface area contributed by atoms with Crippen LogP contribution in [0.25, 0.3) is 0 Å². The monoisotopic (exact) mass is 390 g/mol. The Hall–Kier alpha value is -1.60. The highest BCUT2D eigenvalue weighted by atomic mass is 32.1. The van der Waals surface area contributed by atoms with E-state index in [2.05, 4.69) is 21.7 Å². The van der Waals surface area contributed by atoms with E-state index in [0.29, 0.717) is 6.54 Å². The molecule has 4 heterocycles. The Labute approximate surface area is 165 Å². The third kappa shape index (κ3) is 4.46. The van der Waals surface area contributed by atoms with Crippen molar-refractivity contribution in [2.75, 3.05) is 52.4 Å². The summed E-state index contributed by atoms with van der Waals surface area (Å²) < 4.78 is 0. The number of piperidine rings is 1. The summed E-state index contributed by atoms with van der Waals surface area (Å²) >= 11 is 1.74. The first-order valence-corrected chi connectivity index (χ1v) is 11.2. The number of hydrogen-bond donors (Lipinski definition) is 0. The maximum absolute atomic E-state index is 13.0. The predicted octanol–water partition coefficient (Wildman–Crippen LogP) is 2.32. The molecular formula is C20H30N4O2S. The number of carbonyl (C=O) groups is 2. The van der Waals surface area contributed by atoms with E-state index in [1.807, 2.05) is 14.7 Å². The third-order valence-electron chi connectivity index (χ3n) is 6.09. The molecular weight excluding hydrogens is 360 g/mol. The molecule has 7 heteroatoms. The van der Waals surface area contributed by atoms with E-state index >= 15 is 0 Å². The van der Waals surface area contributed by atoms with E-state index in [-0.39, 0.29) is 17.9 Å². The predicted molar refractivity (Wildman–Crippen MR) is 107 cm³/mol. The molecule has 6 nitrogen and oxygen atoms in total. The number of urea groups is 1. The van der Waals surface area contributed by atoms with Crippen molar-refractivity contribution in [1.29, 1.82) is 0 Å². The topological polar surface area (TPSA) is 47.1 Å². The van der Waals surface area contributed by atoms with Gasteiger partial charge >= 0.3 is 6.03 Å². The van der Waals surface area contributed by atoms with Crippen molar-refractivity contribution >= 4 is 23.3 Å². The normalized spacial score (nSPS) is 24.4. The van der Waals surface area contributed by atoms with Gasteiger partial charge in [-0.05, 0) is 48.1 Å². The molecule has 3 aliphatic rings. The van der Waals surface area contributed by atoms with Crippen LogP contribution in [0.4, 0.5) is 4.79 Å². The van der Waals surface area contributed by atoms with Crippen molar-refractivity contribution in [2.24, 2.45) is 5.92 Å². The van der Waals surface area contributed by atoms with Gasteiger partial charge in [-0.1, -0.05) is 0 Å². The van der Waals surface area contributed by atoms with Gasteiger partial charge in [0.05, 0.1) is 5.92 Å². The van der Waals surface area contributed by atoms with Gasteiger partial charge < -0.3 is 14.7 Å². The Bertz CT molecular complexity index is 636. The van der Waals surface area contributed by atoms with E-state index in [4.69, 9.17) is 0 Å². The van der Waals surface area contributed by atoms with Crippen LogP contribution in [0.15, 0.2) is 16.8 Å². The lowest BCUT2D eigenvalue weighted by molar-refractivity contribution is -0.138. The number of thiophene rings is 1. The Morgan fingerprint density at radius 2 is 1.67 bits per heavy atom. The van der Waals surface area contributed by atoms with Gasteiger partial charge in [0, 0.05) is 58.9 Å². The first-order valence-electron chi connectivity index (χ1n) is 10.3. The van der Waals surface area contributed by atoms with Gasteiger partial charge in [-0.25, -0.2) is 4.79 Å². The van der Waals surface area contributed by atoms with Crippen LogP contribution in [0.3, 0.4) is 0 Å². The summed E-state index contributed by atoms with van der Waals surface area (Å²) in [7, 11) is 0. The lowest BCUT2D eigenvalue weighted by Gasteiger charge is -2.39. The number of carbonyl (C=O) groups excluding carboxylic acids is 2. The van der Waals surface area contributed by atoms with Crippen LogP contribution in [-0.2, 0) is 11.3 Å². The standard InChI is InChI=1S/C20H30N4O2S/c25-19(22-11-9-21(10-12-22)14-17-5-13-27-16-17)18-4-3-8-24(15-18)20(26)23-6-1-2-7-23/h5,13,16,18H,1-4,6-12,14-15H2. The average molecular weight is 391 g/mol. The number of rotatable bonds is 3. The minimum absolute atomic E-state index is 0.0197. The van der Waals surface area contributed by atoms with Gasteiger partial charge in [-0.2, -0.15) is 11.3 Å². The van der Waals surface area contributed by atoms with E-state index in [0.717, 1.165) is 78.0 Å². The molecule has 0 spiro atoms. The molecule has 0 bridgehead atoms. The second-order valence-electron chi connectivity index (χ2n) is 7.99. The molecule has 148 valence electrons. The fourth-order valence-electron chi connectivity index (χ4n) is 4.49. The summed E-state index contributed by atoms with van der Waals surface area (Å²) in [5.74, 6) is 0.234. The Morgan fingerprint density at radius 1 is 0.926 bits per heavy atom. The van der Waals surface area contributed by atoms with Crippen molar-refractivity contribution in [1.82, 2.24) is 19.6 Å². The number of piperazine rings is 1. The number of hydrogen-bond acceptors (Lipinski definition) is 4. The molecule has 3 aliphatic heterocycles. The molecule has 1 aromatic heterocycles. The Morgan fingerprint density at radius 3 is 2.37 bits per heavy atom. The summed E-state index contributed by atoms with van der Waals surface area (Å²) in [5.41, 5.74) is 1.36. The summed E-state index contributed by atoms with van der Waals surface area (Å²) in [6, 6.07) is 2.32. The summed E-state index contributed by atoms with van der Waals surface area (Å²) in [5, 5.41) is 4.32. The summed E-state index contributed by atoms with van der Waals surface area (Å²) in [6.07, 6.45) is 4.07. The van der Waals surface area contributed by atoms with Crippen molar-refractivity contribution in [3.8, 4) is 0 Å². The highest BCUT2D eigenvalue weighted by molar-refractivity contribution is 7.07. The first-order chi connectivity index (χ1) is 13.2. The van der Waals surface area contributed by atoms with Crippen molar-refractivity contribution in [3.63, 3.8) is 0 Å². The van der Waals surface area contributed by atoms with E-state index < -0.39 is 0 Å². The molecule has 3 saturated heterocycles. The van der Waals surface area contributed by atoms with Gasteiger partial charge in [-0.15, -0.1) is 0 Å². The largest absolute Gasteiger partial charge is 0.340 e. The van der Waals surface area contributed by atoms with Crippen molar-refractivity contribution in [3.05, 3.63) is 22.4 Å². The molecule has 0 aliphatic carbocycles. The first kappa shape index (κ1) is 18.7. The SMILES string of the molecule is O=C(C1CCCN(C(=O)N2CCCC2)C1)N1CCN(Cc2ccsc2)CC1. The lowest BCUT2D eigenvalue weighted by Crippen LogP contribution is -2.54. The van der Waals surface area contributed by atoms with Crippen molar-refractivity contribution in [2.45, 2.75) is 32.2 Å². The maximum atomic E-state index is 13.0. The lowest BCUT2D eigenvalue weighted by atomic mass is 9.96. The number of likely N-dealkylation sites (tertiary alicyclic amines) is 2. The fraction of sp³-hybridized carbons (Fsp3) is 0.700. The van der Waals surface area contributed by atoms with E-state index in [1.165, 1.54) is 5.56 Å². The van der Waals surface area contributed by atoms with Crippen LogP contribution in [0, 0.1) is 5.92 Å². The highest BCUT2D eigenvalue weighted by Crippen LogP contribution is 2.22. The second-order valence-corrected chi connectivity index (χ2v) is 8.77. The molecule has 3 fully saturated rings. The quantitative estimate of drug-likeness (QED) is 0.796. The molecule has 1 atom stereocenters. The van der Waals surface area contributed by atoms with Gasteiger partial charge in [-0.3, -0.25) is 9.69 Å². The third-order valence-corrected chi connectivity index (χ3v) is 6.82. The molecule has 0 radical (unpaired) electrons. The Kier molecular flexibility index (Phi) is 5.98. The minimum Gasteiger partial charge on any atom is -0.340 e. The zero-order valence-corrected chi connectivity index (χ0v) is 16.8.